The van der Waals surface area contributed by atoms with Crippen molar-refractivity contribution in [2.75, 3.05) is 14.2 Å². The number of benzene rings is 1. The first-order valence-electron chi connectivity index (χ1n) is 5.52. The lowest BCUT2D eigenvalue weighted by Gasteiger charge is -2.29. The molecule has 0 saturated carbocycles. The van der Waals surface area contributed by atoms with Gasteiger partial charge in [-0.3, -0.25) is 0 Å². The third kappa shape index (κ3) is 3.25. The lowest BCUT2D eigenvalue weighted by Crippen LogP contribution is -2.39. The molecule has 96 valence electrons. The Bertz CT molecular complexity index is 376. The van der Waals surface area contributed by atoms with E-state index in [2.05, 4.69) is 0 Å². The zero-order valence-corrected chi connectivity index (χ0v) is 10.8. The van der Waals surface area contributed by atoms with Gasteiger partial charge in [-0.05, 0) is 19.4 Å². The normalized spacial score (nSPS) is 15.0. The van der Waals surface area contributed by atoms with Crippen LogP contribution in [-0.4, -0.2) is 20.5 Å². The molecule has 0 bridgehead atoms. The van der Waals surface area contributed by atoms with Gasteiger partial charge in [-0.15, -0.1) is 0 Å². The molecule has 1 aromatic rings. The van der Waals surface area contributed by atoms with Crippen molar-refractivity contribution in [2.24, 2.45) is 5.73 Å². The molecular formula is C13H20FNO2. The van der Waals surface area contributed by atoms with Crippen LogP contribution in [-0.2, 0) is 15.0 Å². The van der Waals surface area contributed by atoms with E-state index in [4.69, 9.17) is 15.2 Å². The van der Waals surface area contributed by atoms with Gasteiger partial charge in [0.1, 0.15) is 5.82 Å². The van der Waals surface area contributed by atoms with E-state index in [0.717, 1.165) is 0 Å². The maximum Gasteiger partial charge on any atom is 0.158 e. The Labute approximate surface area is 102 Å². The van der Waals surface area contributed by atoms with Crippen LogP contribution in [0.2, 0.25) is 0 Å². The van der Waals surface area contributed by atoms with Gasteiger partial charge < -0.3 is 15.2 Å². The summed E-state index contributed by atoms with van der Waals surface area (Å²) < 4.78 is 24.2. The van der Waals surface area contributed by atoms with Crippen LogP contribution in [0.1, 0.15) is 24.5 Å². The van der Waals surface area contributed by atoms with Crippen LogP contribution in [0, 0.1) is 12.7 Å². The molecule has 1 atom stereocenters. The topological polar surface area (TPSA) is 44.5 Å². The van der Waals surface area contributed by atoms with Crippen molar-refractivity contribution in [3.8, 4) is 0 Å². The van der Waals surface area contributed by atoms with Gasteiger partial charge in [-0.1, -0.05) is 18.2 Å². The summed E-state index contributed by atoms with van der Waals surface area (Å²) in [4.78, 5) is 0. The second kappa shape index (κ2) is 5.58. The van der Waals surface area contributed by atoms with Crippen LogP contribution < -0.4 is 5.73 Å². The summed E-state index contributed by atoms with van der Waals surface area (Å²) in [6, 6.07) is 5.22. The highest BCUT2D eigenvalue weighted by molar-refractivity contribution is 5.30. The molecule has 1 rings (SSSR count). The Morgan fingerprint density at radius 2 is 1.94 bits per heavy atom. The number of halogens is 1. The maximum absolute atomic E-state index is 14.0. The molecule has 4 heteroatoms. The molecule has 2 N–H and O–H groups in total. The van der Waals surface area contributed by atoms with Crippen LogP contribution >= 0.6 is 0 Å². The number of rotatable bonds is 5. The highest BCUT2D eigenvalue weighted by Gasteiger charge is 2.29. The highest BCUT2D eigenvalue weighted by Crippen LogP contribution is 2.28. The lowest BCUT2D eigenvalue weighted by atomic mass is 9.88. The van der Waals surface area contributed by atoms with E-state index in [9.17, 15) is 4.39 Å². The van der Waals surface area contributed by atoms with Crippen molar-refractivity contribution < 1.29 is 13.9 Å². The summed E-state index contributed by atoms with van der Waals surface area (Å²) in [5, 5.41) is 0. The molecule has 1 unspecified atom stereocenters. The van der Waals surface area contributed by atoms with E-state index in [-0.39, 0.29) is 5.82 Å². The van der Waals surface area contributed by atoms with Gasteiger partial charge in [-0.2, -0.15) is 0 Å². The Hall–Kier alpha value is -0.970. The Morgan fingerprint density at radius 1 is 1.35 bits per heavy atom. The molecule has 0 amide bonds. The minimum atomic E-state index is -0.827. The van der Waals surface area contributed by atoms with E-state index >= 15 is 0 Å². The first-order valence-corrected chi connectivity index (χ1v) is 5.52. The molecule has 0 aliphatic rings. The van der Waals surface area contributed by atoms with Crippen molar-refractivity contribution in [3.63, 3.8) is 0 Å². The van der Waals surface area contributed by atoms with Crippen molar-refractivity contribution in [3.05, 3.63) is 35.1 Å². The van der Waals surface area contributed by atoms with Gasteiger partial charge in [0.2, 0.25) is 0 Å². The van der Waals surface area contributed by atoms with Gasteiger partial charge >= 0.3 is 0 Å². The van der Waals surface area contributed by atoms with E-state index < -0.39 is 11.8 Å². The predicted octanol–water partition coefficient (Wildman–Crippen LogP) is 2.32. The van der Waals surface area contributed by atoms with Crippen molar-refractivity contribution in [1.29, 1.82) is 0 Å². The Balaban J connectivity index is 3.00. The van der Waals surface area contributed by atoms with Crippen LogP contribution in [0.4, 0.5) is 4.39 Å². The number of nitrogens with two attached hydrogens (primary N) is 1. The fourth-order valence-electron chi connectivity index (χ4n) is 1.81. The molecule has 0 radical (unpaired) electrons. The standard InChI is InChI=1S/C13H20FNO2/c1-9-6-5-7-10(12(9)14)13(2,15)8-11(16-3)17-4/h5-7,11H,8,15H2,1-4H3. The van der Waals surface area contributed by atoms with Crippen LogP contribution in [0.15, 0.2) is 18.2 Å². The molecule has 0 spiro atoms. The first-order chi connectivity index (χ1) is 7.92. The van der Waals surface area contributed by atoms with Gasteiger partial charge in [0.15, 0.2) is 6.29 Å². The van der Waals surface area contributed by atoms with Crippen LogP contribution in [0.3, 0.4) is 0 Å². The van der Waals surface area contributed by atoms with E-state index in [1.54, 1.807) is 32.0 Å². The molecule has 0 heterocycles. The second-order valence-electron chi connectivity index (χ2n) is 4.46. The van der Waals surface area contributed by atoms with E-state index in [1.807, 2.05) is 0 Å². The average molecular weight is 241 g/mol. The van der Waals surface area contributed by atoms with E-state index in [1.165, 1.54) is 14.2 Å². The molecule has 0 saturated heterocycles. The number of hydrogen-bond donors (Lipinski definition) is 1. The molecule has 3 nitrogen and oxygen atoms in total. The summed E-state index contributed by atoms with van der Waals surface area (Å²) in [6.07, 6.45) is -0.0506. The maximum atomic E-state index is 14.0. The third-order valence-corrected chi connectivity index (χ3v) is 2.92. The SMILES string of the molecule is COC(CC(C)(N)c1cccc(C)c1F)OC. The summed E-state index contributed by atoms with van der Waals surface area (Å²) >= 11 is 0. The van der Waals surface area contributed by atoms with E-state index in [0.29, 0.717) is 17.5 Å². The summed E-state index contributed by atoms with van der Waals surface area (Å²) in [6.45, 7) is 3.49. The molecule has 0 aliphatic carbocycles. The summed E-state index contributed by atoms with van der Waals surface area (Å²) in [7, 11) is 3.08. The number of ether oxygens (including phenoxy) is 2. The largest absolute Gasteiger partial charge is 0.356 e. The number of methoxy groups -OCH3 is 2. The van der Waals surface area contributed by atoms with Crippen molar-refractivity contribution >= 4 is 0 Å². The quantitative estimate of drug-likeness (QED) is 0.805. The van der Waals surface area contributed by atoms with Gasteiger partial charge in [-0.25, -0.2) is 4.39 Å². The summed E-state index contributed by atoms with van der Waals surface area (Å²) in [5.41, 5.74) is 6.40. The smallest absolute Gasteiger partial charge is 0.158 e. The fourth-order valence-corrected chi connectivity index (χ4v) is 1.81. The molecule has 0 aliphatic heterocycles. The number of aryl methyl sites for hydroxylation is 1. The van der Waals surface area contributed by atoms with Gasteiger partial charge in [0.25, 0.3) is 0 Å². The lowest BCUT2D eigenvalue weighted by molar-refractivity contribution is -0.116. The van der Waals surface area contributed by atoms with Crippen LogP contribution in [0.5, 0.6) is 0 Å². The van der Waals surface area contributed by atoms with Crippen molar-refractivity contribution in [1.82, 2.24) is 0 Å². The third-order valence-electron chi connectivity index (χ3n) is 2.92. The predicted molar refractivity (Wildman–Crippen MR) is 65.1 cm³/mol. The van der Waals surface area contributed by atoms with Crippen LogP contribution in [0.25, 0.3) is 0 Å². The zero-order valence-electron chi connectivity index (χ0n) is 10.8. The number of hydrogen-bond acceptors (Lipinski definition) is 3. The second-order valence-corrected chi connectivity index (χ2v) is 4.46. The minimum Gasteiger partial charge on any atom is -0.356 e. The Morgan fingerprint density at radius 3 is 2.47 bits per heavy atom. The molecule has 17 heavy (non-hydrogen) atoms. The zero-order chi connectivity index (χ0) is 13.1. The minimum absolute atomic E-state index is 0.261. The van der Waals surface area contributed by atoms with Gasteiger partial charge in [0.05, 0.1) is 0 Å². The Kier molecular flexibility index (Phi) is 4.62. The monoisotopic (exact) mass is 241 g/mol. The summed E-state index contributed by atoms with van der Waals surface area (Å²) in [5.74, 6) is -0.261. The average Bonchev–Trinajstić information content (AvgIpc) is 2.29. The van der Waals surface area contributed by atoms with Gasteiger partial charge in [0, 0.05) is 31.7 Å². The highest BCUT2D eigenvalue weighted by atomic mass is 19.1. The fraction of sp³-hybridized carbons (Fsp3) is 0.538. The molecule has 0 fully saturated rings. The first kappa shape index (κ1) is 14.1. The molecular weight excluding hydrogens is 221 g/mol. The molecule has 0 aromatic heterocycles. The molecule has 1 aromatic carbocycles. The van der Waals surface area contributed by atoms with Crippen molar-refractivity contribution in [2.45, 2.75) is 32.1 Å².